The third kappa shape index (κ3) is 8.29. The van der Waals surface area contributed by atoms with Crippen molar-refractivity contribution in [3.8, 4) is 11.4 Å². The van der Waals surface area contributed by atoms with E-state index < -0.39 is 41.4 Å². The topological polar surface area (TPSA) is 261 Å². The predicted octanol–water partition coefficient (Wildman–Crippen LogP) is 5.32. The number of azide groups is 1. The lowest BCUT2D eigenvalue weighted by molar-refractivity contribution is -0.0271. The van der Waals surface area contributed by atoms with Crippen molar-refractivity contribution >= 4 is 39.3 Å². The number of aliphatic hydroxyl groups is 1. The Morgan fingerprint density at radius 3 is 2.59 bits per heavy atom. The highest BCUT2D eigenvalue weighted by Gasteiger charge is 2.36. The van der Waals surface area contributed by atoms with Gasteiger partial charge in [-0.1, -0.05) is 62.3 Å². The Morgan fingerprint density at radius 1 is 1.05 bits per heavy atom. The first-order valence-electron chi connectivity index (χ1n) is 18.3. The number of ketones is 2. The number of fused-ring (bicyclic) bond motifs is 4. The van der Waals surface area contributed by atoms with Crippen LogP contribution in [0.5, 0.6) is 0 Å². The summed E-state index contributed by atoms with van der Waals surface area (Å²) in [5.41, 5.74) is 15.9. The Kier molecular flexibility index (Phi) is 12.2. The maximum absolute atomic E-state index is 13.0. The molecule has 0 amide bonds. The van der Waals surface area contributed by atoms with Gasteiger partial charge in [-0.05, 0) is 43.1 Å². The van der Waals surface area contributed by atoms with Gasteiger partial charge in [0.05, 0.1) is 47.8 Å². The van der Waals surface area contributed by atoms with Gasteiger partial charge in [0.25, 0.3) is 5.56 Å². The molecule has 3 atom stereocenters. The number of rotatable bonds is 12. The summed E-state index contributed by atoms with van der Waals surface area (Å²) in [6, 6.07) is 12.1. The number of unbranched alkanes of at least 4 members (excludes halogenated alkanes) is 5. The zero-order valence-corrected chi connectivity index (χ0v) is 30.9. The molecule has 0 bridgehead atoms. The number of hydrogen-bond donors (Lipinski definition) is 4. The van der Waals surface area contributed by atoms with E-state index in [1.54, 1.807) is 25.1 Å². The maximum Gasteiger partial charge on any atom is 0.356 e. The summed E-state index contributed by atoms with van der Waals surface area (Å²) in [5.74, 6) is -1.40. The van der Waals surface area contributed by atoms with Crippen molar-refractivity contribution in [2.45, 2.75) is 77.2 Å². The lowest BCUT2D eigenvalue weighted by atomic mass is 9.97. The Morgan fingerprint density at radius 2 is 1.82 bits per heavy atom. The second-order valence-corrected chi connectivity index (χ2v) is 13.5. The van der Waals surface area contributed by atoms with Crippen LogP contribution in [0.1, 0.15) is 95.0 Å². The number of para-hydroxylation sites is 1. The van der Waals surface area contributed by atoms with Gasteiger partial charge in [0, 0.05) is 45.5 Å². The number of carbonyl (C=O) groups is 3. The molecule has 290 valence electrons. The van der Waals surface area contributed by atoms with Crippen molar-refractivity contribution in [2.24, 2.45) is 10.8 Å². The number of H-pyrrole nitrogens is 2. The molecule has 4 aromatic heterocycles. The number of allylic oxidation sites excluding steroid dienone is 2. The van der Waals surface area contributed by atoms with E-state index in [1.807, 2.05) is 24.3 Å². The fourth-order valence-electron chi connectivity index (χ4n) is 6.68. The molecular weight excluding hydrogens is 722 g/mol. The summed E-state index contributed by atoms with van der Waals surface area (Å²) in [5, 5.41) is 14.4. The van der Waals surface area contributed by atoms with Gasteiger partial charge in [-0.2, -0.15) is 0 Å². The Hall–Kier alpha value is -6.42. The molecule has 1 aliphatic heterocycles. The number of Topliss-reactive ketones (excluding diaryl/α,β-unsaturated/α-hetero) is 1. The summed E-state index contributed by atoms with van der Waals surface area (Å²) in [7, 11) is 0. The second kappa shape index (κ2) is 17.4. The minimum atomic E-state index is -0.671. The van der Waals surface area contributed by atoms with Gasteiger partial charge in [-0.15, -0.1) is 0 Å². The molecule has 56 heavy (non-hydrogen) atoms. The first kappa shape index (κ1) is 39.3. The Balaban J connectivity index is 0.000000235. The molecule has 0 saturated carbocycles. The summed E-state index contributed by atoms with van der Waals surface area (Å²) in [6.45, 7) is 3.76. The molecule has 5 N–H and O–H groups in total. The zero-order chi connectivity index (χ0) is 39.9. The number of aromatic amines is 2. The summed E-state index contributed by atoms with van der Waals surface area (Å²) >= 11 is 0. The van der Waals surface area contributed by atoms with Crippen molar-refractivity contribution in [2.75, 3.05) is 13.2 Å². The Labute approximate surface area is 319 Å². The smallest absolute Gasteiger partial charge is 0.356 e. The van der Waals surface area contributed by atoms with Gasteiger partial charge >= 0.3 is 11.7 Å². The van der Waals surface area contributed by atoms with E-state index in [2.05, 4.69) is 36.9 Å². The van der Waals surface area contributed by atoms with Gasteiger partial charge < -0.3 is 25.3 Å². The number of aromatic nitrogens is 5. The molecule has 17 heteroatoms. The molecule has 7 rings (SSSR count). The highest BCUT2D eigenvalue weighted by atomic mass is 16.5. The number of nitrogens with one attached hydrogen (secondary N) is 2. The van der Waals surface area contributed by atoms with E-state index in [1.165, 1.54) is 30.0 Å². The number of aliphatic hydroxyl groups excluding tert-OH is 1. The third-order valence-corrected chi connectivity index (χ3v) is 9.64. The molecular formula is C39H41N9O8. The van der Waals surface area contributed by atoms with Crippen molar-refractivity contribution in [3.05, 3.63) is 114 Å². The SMILES string of the molecule is CCCCCCCCOC(=O)c1cc2c([nH]c3ccccc32)c(-c2ccc3c(n2)C(=O)C(N)=CC3=O)n1.Cc1cn([C@H]2C[C@H](N=[N+]=[N-])[C@@H](CO)O2)c(=O)[nH]c1=O. The lowest BCUT2D eigenvalue weighted by Crippen LogP contribution is -2.33. The number of nitrogens with two attached hydrogens (primary N) is 1. The standard InChI is InChI=1S/C29H28N4O4.C10H13N5O4/c1-2-3-4-5-6-9-14-37-29(36)23-15-19-17-10-7-8-11-21(17)31-25(19)27(33-23)22-13-12-18-24(34)16-20(30)28(35)26(18)32-22;1-5-3-15(10(18)12-9(5)17)8-2-6(13-14-11)7(4-16)19-8/h7-8,10-13,15-16,31H,2-6,9,14,30H2,1H3;3,6-8,16H,2,4H2,1H3,(H,12,17,18)/t;6-,7+,8+/m.0/s1. The molecule has 0 radical (unpaired) electrons. The summed E-state index contributed by atoms with van der Waals surface area (Å²) in [4.78, 5) is 78.2. The van der Waals surface area contributed by atoms with Crippen LogP contribution in [-0.4, -0.2) is 72.5 Å². The number of hydrogen-bond acceptors (Lipinski definition) is 12. The van der Waals surface area contributed by atoms with Crippen LogP contribution in [0.25, 0.3) is 43.6 Å². The van der Waals surface area contributed by atoms with E-state index in [9.17, 15) is 24.0 Å². The number of nitrogens with zero attached hydrogens (tertiary/aromatic N) is 6. The molecule has 0 spiro atoms. The van der Waals surface area contributed by atoms with Gasteiger partial charge in [0.15, 0.2) is 5.78 Å². The van der Waals surface area contributed by atoms with Crippen LogP contribution in [0, 0.1) is 6.92 Å². The fourth-order valence-corrected chi connectivity index (χ4v) is 6.68. The van der Waals surface area contributed by atoms with Crippen LogP contribution in [0.4, 0.5) is 0 Å². The van der Waals surface area contributed by atoms with Crippen LogP contribution in [0.3, 0.4) is 0 Å². The minimum absolute atomic E-state index is 0.0235. The average Bonchev–Trinajstić information content (AvgIpc) is 3.79. The monoisotopic (exact) mass is 763 g/mol. The number of aryl methyl sites for hydroxylation is 1. The van der Waals surface area contributed by atoms with E-state index >= 15 is 0 Å². The minimum Gasteiger partial charge on any atom is -0.461 e. The lowest BCUT2D eigenvalue weighted by Gasteiger charge is -2.14. The van der Waals surface area contributed by atoms with Gasteiger partial charge in [0.1, 0.15) is 23.3 Å². The zero-order valence-electron chi connectivity index (χ0n) is 30.9. The molecule has 1 saturated heterocycles. The first-order chi connectivity index (χ1) is 27.0. The van der Waals surface area contributed by atoms with Gasteiger partial charge in [-0.3, -0.25) is 23.9 Å². The molecule has 0 unspecified atom stereocenters. The van der Waals surface area contributed by atoms with E-state index in [0.717, 1.165) is 41.6 Å². The summed E-state index contributed by atoms with van der Waals surface area (Å²) < 4.78 is 12.2. The third-order valence-electron chi connectivity index (χ3n) is 9.64. The number of pyridine rings is 2. The Bertz CT molecular complexity index is 2510. The van der Waals surface area contributed by atoms with Crippen molar-refractivity contribution in [1.29, 1.82) is 0 Å². The predicted molar refractivity (Wildman–Crippen MR) is 206 cm³/mol. The van der Waals surface area contributed by atoms with E-state index in [0.29, 0.717) is 29.1 Å². The molecule has 17 nitrogen and oxygen atoms in total. The van der Waals surface area contributed by atoms with Crippen LogP contribution >= 0.6 is 0 Å². The quantitative estimate of drug-likeness (QED) is 0.0415. The van der Waals surface area contributed by atoms with Crippen molar-refractivity contribution < 1.29 is 29.0 Å². The number of carbonyl (C=O) groups excluding carboxylic acids is 3. The van der Waals surface area contributed by atoms with E-state index in [-0.39, 0.29) is 41.5 Å². The maximum atomic E-state index is 13.0. The normalized spacial score (nSPS) is 17.6. The second-order valence-electron chi connectivity index (χ2n) is 13.5. The van der Waals surface area contributed by atoms with Crippen LogP contribution < -0.4 is 17.0 Å². The molecule has 1 aliphatic carbocycles. The molecule has 1 fully saturated rings. The van der Waals surface area contributed by atoms with E-state index in [4.69, 9.17) is 25.8 Å². The highest BCUT2D eigenvalue weighted by molar-refractivity contribution is 6.23. The fraction of sp³-hybridized carbons (Fsp3) is 0.359. The number of benzene rings is 1. The average molecular weight is 764 g/mol. The highest BCUT2D eigenvalue weighted by Crippen LogP contribution is 2.33. The first-order valence-corrected chi connectivity index (χ1v) is 18.3. The number of ether oxygens (including phenoxy) is 2. The van der Waals surface area contributed by atoms with Crippen molar-refractivity contribution in [1.82, 2.24) is 24.5 Å². The van der Waals surface area contributed by atoms with Crippen LogP contribution in [-0.2, 0) is 9.47 Å². The summed E-state index contributed by atoms with van der Waals surface area (Å²) in [6.07, 6.45) is 7.97. The molecule has 5 aromatic rings. The van der Waals surface area contributed by atoms with Gasteiger partial charge in [-0.25, -0.2) is 19.6 Å². The number of esters is 1. The van der Waals surface area contributed by atoms with Crippen LogP contribution in [0.2, 0.25) is 0 Å². The molecule has 1 aromatic carbocycles. The van der Waals surface area contributed by atoms with Crippen molar-refractivity contribution in [3.63, 3.8) is 0 Å². The van der Waals surface area contributed by atoms with Crippen LogP contribution in [0.15, 0.2) is 75.1 Å². The molecule has 5 heterocycles. The van der Waals surface area contributed by atoms with Gasteiger partial charge in [0.2, 0.25) is 5.78 Å². The largest absolute Gasteiger partial charge is 0.461 e. The molecule has 2 aliphatic rings.